The lowest BCUT2D eigenvalue weighted by atomic mass is 10.3. The Bertz CT molecular complexity index is 720. The predicted octanol–water partition coefficient (Wildman–Crippen LogP) is 3.94. The summed E-state index contributed by atoms with van der Waals surface area (Å²) in [5.74, 6) is 0.534. The van der Waals surface area contributed by atoms with Gasteiger partial charge < -0.3 is 0 Å². The third-order valence-electron chi connectivity index (χ3n) is 3.30. The zero-order chi connectivity index (χ0) is 14.7. The van der Waals surface area contributed by atoms with Gasteiger partial charge in [-0.3, -0.25) is 4.21 Å². The van der Waals surface area contributed by atoms with Crippen molar-refractivity contribution >= 4 is 22.1 Å². The number of benzene rings is 1. The largest absolute Gasteiger partial charge is 0.259 e. The molecule has 3 aromatic rings. The van der Waals surface area contributed by atoms with Crippen LogP contribution in [0.2, 0.25) is 0 Å². The Morgan fingerprint density at radius 1 is 1.24 bits per heavy atom. The molecule has 5 heteroatoms. The maximum Gasteiger partial charge on any atom is 0.0665 e. The van der Waals surface area contributed by atoms with Gasteiger partial charge in [0.15, 0.2) is 0 Å². The number of thiophene rings is 1. The molecular weight excluding hydrogens is 300 g/mol. The summed E-state index contributed by atoms with van der Waals surface area (Å²) in [5.41, 5.74) is 2.02. The maximum absolute atomic E-state index is 12.4. The van der Waals surface area contributed by atoms with E-state index in [4.69, 9.17) is 0 Å². The quantitative estimate of drug-likeness (QED) is 0.714. The van der Waals surface area contributed by atoms with E-state index < -0.39 is 10.8 Å². The van der Waals surface area contributed by atoms with Gasteiger partial charge in [-0.1, -0.05) is 24.3 Å². The molecule has 3 rings (SSSR count). The summed E-state index contributed by atoms with van der Waals surface area (Å²) in [7, 11) is -0.931. The Balaban J connectivity index is 1.71. The molecule has 0 N–H and O–H groups in total. The number of aromatic nitrogens is 2. The molecule has 0 radical (unpaired) electrons. The Morgan fingerprint density at radius 2 is 2.05 bits per heavy atom. The van der Waals surface area contributed by atoms with Crippen LogP contribution in [0.5, 0.6) is 0 Å². The zero-order valence-corrected chi connectivity index (χ0v) is 13.3. The fraction of sp³-hybridized carbons (Fsp3) is 0.188. The van der Waals surface area contributed by atoms with Gasteiger partial charge >= 0.3 is 0 Å². The van der Waals surface area contributed by atoms with Crippen molar-refractivity contribution in [2.75, 3.05) is 0 Å². The van der Waals surface area contributed by atoms with Crippen molar-refractivity contribution in [3.8, 4) is 5.69 Å². The van der Waals surface area contributed by atoms with E-state index in [1.807, 2.05) is 65.6 Å². The van der Waals surface area contributed by atoms with Crippen molar-refractivity contribution in [1.29, 1.82) is 0 Å². The van der Waals surface area contributed by atoms with Crippen LogP contribution in [0.1, 0.15) is 22.6 Å². The van der Waals surface area contributed by atoms with Crippen LogP contribution in [-0.2, 0) is 16.6 Å². The number of rotatable bonds is 5. The van der Waals surface area contributed by atoms with Gasteiger partial charge in [-0.15, -0.1) is 11.3 Å². The molecule has 108 valence electrons. The molecule has 0 amide bonds. The fourth-order valence-electron chi connectivity index (χ4n) is 2.10. The van der Waals surface area contributed by atoms with Crippen LogP contribution in [0.4, 0.5) is 0 Å². The van der Waals surface area contributed by atoms with Crippen molar-refractivity contribution in [2.24, 2.45) is 0 Å². The zero-order valence-electron chi connectivity index (χ0n) is 11.7. The van der Waals surface area contributed by atoms with Gasteiger partial charge in [0.1, 0.15) is 0 Å². The highest BCUT2D eigenvalue weighted by molar-refractivity contribution is 7.84. The number of hydrogen-bond donors (Lipinski definition) is 0. The minimum atomic E-state index is -0.931. The van der Waals surface area contributed by atoms with Crippen LogP contribution in [-0.4, -0.2) is 14.0 Å². The van der Waals surface area contributed by atoms with Gasteiger partial charge in [0.25, 0.3) is 0 Å². The summed E-state index contributed by atoms with van der Waals surface area (Å²) in [6.07, 6.45) is 3.75. The van der Waals surface area contributed by atoms with Crippen molar-refractivity contribution in [2.45, 2.75) is 17.9 Å². The van der Waals surface area contributed by atoms with Crippen molar-refractivity contribution in [3.63, 3.8) is 0 Å². The molecule has 0 aliphatic carbocycles. The molecule has 2 aromatic heterocycles. The summed E-state index contributed by atoms with van der Waals surface area (Å²) in [6.45, 7) is 2.02. The molecule has 2 heterocycles. The van der Waals surface area contributed by atoms with Crippen LogP contribution < -0.4 is 0 Å². The lowest BCUT2D eigenvalue weighted by molar-refractivity contribution is 0.676. The first-order valence-electron chi connectivity index (χ1n) is 6.73. The maximum atomic E-state index is 12.4. The Kier molecular flexibility index (Phi) is 4.31. The highest BCUT2D eigenvalue weighted by Crippen LogP contribution is 2.25. The van der Waals surface area contributed by atoms with E-state index in [0.29, 0.717) is 5.75 Å². The average molecular weight is 316 g/mol. The highest BCUT2D eigenvalue weighted by atomic mass is 32.2. The first kappa shape index (κ1) is 14.2. The van der Waals surface area contributed by atoms with Gasteiger partial charge in [-0.05, 0) is 30.5 Å². The minimum absolute atomic E-state index is 0.0603. The van der Waals surface area contributed by atoms with Gasteiger partial charge in [0.2, 0.25) is 0 Å². The second kappa shape index (κ2) is 6.37. The number of para-hydroxylation sites is 1. The molecule has 21 heavy (non-hydrogen) atoms. The second-order valence-electron chi connectivity index (χ2n) is 4.81. The molecule has 1 aromatic carbocycles. The van der Waals surface area contributed by atoms with Crippen molar-refractivity contribution < 1.29 is 4.21 Å². The minimum Gasteiger partial charge on any atom is -0.259 e. The molecule has 3 nitrogen and oxygen atoms in total. The second-order valence-corrected chi connectivity index (χ2v) is 7.55. The molecule has 0 unspecified atom stereocenters. The van der Waals surface area contributed by atoms with E-state index >= 15 is 0 Å². The molecular formula is C16H16N2OS2. The lowest BCUT2D eigenvalue weighted by Crippen LogP contribution is -2.03. The lowest BCUT2D eigenvalue weighted by Gasteiger charge is -2.08. The number of nitrogens with zero attached hydrogens (tertiary/aromatic N) is 2. The fourth-order valence-corrected chi connectivity index (χ4v) is 4.31. The normalized spacial score (nSPS) is 14.0. The smallest absolute Gasteiger partial charge is 0.0665 e. The first-order chi connectivity index (χ1) is 10.2. The van der Waals surface area contributed by atoms with Crippen molar-refractivity contribution in [1.82, 2.24) is 9.78 Å². The summed E-state index contributed by atoms with van der Waals surface area (Å²) < 4.78 is 14.3. The van der Waals surface area contributed by atoms with E-state index in [9.17, 15) is 4.21 Å². The topological polar surface area (TPSA) is 34.9 Å². The van der Waals surface area contributed by atoms with E-state index in [2.05, 4.69) is 5.10 Å². The molecule has 0 aliphatic heterocycles. The molecule has 0 saturated heterocycles. The summed E-state index contributed by atoms with van der Waals surface area (Å²) in [5, 5.41) is 6.43. The highest BCUT2D eigenvalue weighted by Gasteiger charge is 2.15. The third kappa shape index (κ3) is 3.31. The van der Waals surface area contributed by atoms with Gasteiger partial charge in [0, 0.05) is 27.4 Å². The van der Waals surface area contributed by atoms with Crippen LogP contribution in [0.3, 0.4) is 0 Å². The van der Waals surface area contributed by atoms with E-state index in [-0.39, 0.29) is 5.25 Å². The van der Waals surface area contributed by atoms with E-state index in [1.54, 1.807) is 17.5 Å². The summed E-state index contributed by atoms with van der Waals surface area (Å²) >= 11 is 1.66. The van der Waals surface area contributed by atoms with E-state index in [1.165, 1.54) is 4.88 Å². The van der Waals surface area contributed by atoms with E-state index in [0.717, 1.165) is 11.3 Å². The predicted molar refractivity (Wildman–Crippen MR) is 88.1 cm³/mol. The van der Waals surface area contributed by atoms with Crippen LogP contribution in [0.15, 0.2) is 60.2 Å². The summed E-state index contributed by atoms with van der Waals surface area (Å²) in [4.78, 5) is 1.17. The average Bonchev–Trinajstić information content (AvgIpc) is 3.19. The molecule has 2 atom stereocenters. The molecule has 0 aliphatic rings. The van der Waals surface area contributed by atoms with Gasteiger partial charge in [-0.25, -0.2) is 4.68 Å². The van der Waals surface area contributed by atoms with Gasteiger partial charge in [0.05, 0.1) is 22.9 Å². The Labute approximate surface area is 130 Å². The molecule has 0 bridgehead atoms. The third-order valence-corrected chi connectivity index (χ3v) is 6.17. The molecule has 0 saturated carbocycles. The SMILES string of the molecule is C[C@H](c1cccs1)[S@@](=O)Cc1cnn(-c2ccccc2)c1. The van der Waals surface area contributed by atoms with Crippen molar-refractivity contribution in [3.05, 3.63) is 70.7 Å². The van der Waals surface area contributed by atoms with Crippen LogP contribution in [0, 0.1) is 0 Å². The van der Waals surface area contributed by atoms with Gasteiger partial charge in [-0.2, -0.15) is 5.10 Å². The monoisotopic (exact) mass is 316 g/mol. The Hall–Kier alpha value is -1.72. The molecule has 0 spiro atoms. The molecule has 0 fully saturated rings. The Morgan fingerprint density at radius 3 is 2.76 bits per heavy atom. The van der Waals surface area contributed by atoms with Crippen LogP contribution >= 0.6 is 11.3 Å². The van der Waals surface area contributed by atoms with Crippen LogP contribution in [0.25, 0.3) is 5.69 Å². The first-order valence-corrected chi connectivity index (χ1v) is 9.00. The standard InChI is InChI=1S/C16H16N2OS2/c1-13(16-8-5-9-20-16)21(19)12-14-10-17-18(11-14)15-6-3-2-4-7-15/h2-11,13H,12H2,1H3/t13-,21+/m1/s1. The summed E-state index contributed by atoms with van der Waals surface area (Å²) in [6, 6.07) is 14.0. The number of hydrogen-bond acceptors (Lipinski definition) is 3.